The lowest BCUT2D eigenvalue weighted by molar-refractivity contribution is -0.133. The van der Waals surface area contributed by atoms with E-state index in [0.717, 1.165) is 31.6 Å². The van der Waals surface area contributed by atoms with Crippen LogP contribution in [0.4, 0.5) is 0 Å². The van der Waals surface area contributed by atoms with Crippen LogP contribution < -0.4 is 0 Å². The number of hydrogen-bond donors (Lipinski definition) is 0. The Balaban J connectivity index is 1.23. The molecule has 7 nitrogen and oxygen atoms in total. The lowest BCUT2D eigenvalue weighted by Gasteiger charge is -2.34. The van der Waals surface area contributed by atoms with Crippen LogP contribution in [0, 0.1) is 11.3 Å². The van der Waals surface area contributed by atoms with Gasteiger partial charge < -0.3 is 9.42 Å². The molecular weight excluding hydrogens is 402 g/mol. The maximum atomic E-state index is 12.6. The van der Waals surface area contributed by atoms with Crippen molar-refractivity contribution >= 4 is 5.91 Å². The average Bonchev–Trinajstić information content (AvgIpc) is 3.32. The van der Waals surface area contributed by atoms with Crippen molar-refractivity contribution in [1.82, 2.24) is 19.9 Å². The SMILES string of the molecule is CCc1ccc(-c2noc(CCC(=O)N3CCN(Cc4ccc(C#N)cc4)CC3)n2)cc1. The maximum Gasteiger partial charge on any atom is 0.227 e. The van der Waals surface area contributed by atoms with Crippen LogP contribution in [0.3, 0.4) is 0 Å². The van der Waals surface area contributed by atoms with Crippen molar-refractivity contribution in [2.45, 2.75) is 32.7 Å². The van der Waals surface area contributed by atoms with Crippen LogP contribution in [-0.2, 0) is 24.2 Å². The molecule has 3 aromatic rings. The molecule has 2 heterocycles. The Morgan fingerprint density at radius 2 is 1.72 bits per heavy atom. The summed E-state index contributed by atoms with van der Waals surface area (Å²) in [5, 5.41) is 13.0. The van der Waals surface area contributed by atoms with Gasteiger partial charge in [-0.2, -0.15) is 10.2 Å². The van der Waals surface area contributed by atoms with Crippen LogP contribution in [0.15, 0.2) is 53.1 Å². The number of aryl methyl sites for hydroxylation is 2. The number of carbonyl (C=O) groups is 1. The Kier molecular flexibility index (Phi) is 6.93. The van der Waals surface area contributed by atoms with Crippen molar-refractivity contribution in [3.05, 3.63) is 71.1 Å². The number of amides is 1. The Morgan fingerprint density at radius 3 is 2.38 bits per heavy atom. The molecule has 7 heteroatoms. The molecular formula is C25H27N5O2. The number of aromatic nitrogens is 2. The van der Waals surface area contributed by atoms with Gasteiger partial charge in [0.2, 0.25) is 17.6 Å². The lowest BCUT2D eigenvalue weighted by atomic mass is 10.1. The molecule has 0 unspecified atom stereocenters. The predicted molar refractivity (Wildman–Crippen MR) is 120 cm³/mol. The molecule has 0 aliphatic carbocycles. The van der Waals surface area contributed by atoms with Crippen LogP contribution in [0.25, 0.3) is 11.4 Å². The van der Waals surface area contributed by atoms with Crippen molar-refractivity contribution in [3.8, 4) is 17.5 Å². The topological polar surface area (TPSA) is 86.3 Å². The molecule has 0 bridgehead atoms. The largest absolute Gasteiger partial charge is 0.340 e. The molecule has 1 amide bonds. The first-order valence-electron chi connectivity index (χ1n) is 11.1. The van der Waals surface area contributed by atoms with Gasteiger partial charge in [0, 0.05) is 51.1 Å². The molecule has 1 fully saturated rings. The van der Waals surface area contributed by atoms with E-state index in [9.17, 15) is 4.79 Å². The predicted octanol–water partition coefficient (Wildman–Crippen LogP) is 3.45. The number of benzene rings is 2. The van der Waals surface area contributed by atoms with Gasteiger partial charge in [0.1, 0.15) is 0 Å². The van der Waals surface area contributed by atoms with Gasteiger partial charge in [-0.15, -0.1) is 0 Å². The quantitative estimate of drug-likeness (QED) is 0.572. The highest BCUT2D eigenvalue weighted by Gasteiger charge is 2.21. The molecule has 32 heavy (non-hydrogen) atoms. The fourth-order valence-electron chi connectivity index (χ4n) is 3.83. The molecule has 1 aliphatic heterocycles. The van der Waals surface area contributed by atoms with Crippen LogP contribution >= 0.6 is 0 Å². The van der Waals surface area contributed by atoms with E-state index in [1.165, 1.54) is 11.1 Å². The van der Waals surface area contributed by atoms with E-state index in [0.29, 0.717) is 43.2 Å². The highest BCUT2D eigenvalue weighted by atomic mass is 16.5. The number of rotatable bonds is 7. The van der Waals surface area contributed by atoms with Crippen LogP contribution in [0.2, 0.25) is 0 Å². The first kappa shape index (κ1) is 21.7. The molecule has 164 valence electrons. The number of piperazine rings is 1. The minimum atomic E-state index is 0.120. The number of carbonyl (C=O) groups excluding carboxylic acids is 1. The second-order valence-corrected chi connectivity index (χ2v) is 8.03. The first-order chi connectivity index (χ1) is 15.6. The van der Waals surface area contributed by atoms with Crippen LogP contribution in [0.5, 0.6) is 0 Å². The van der Waals surface area contributed by atoms with E-state index < -0.39 is 0 Å². The molecule has 1 saturated heterocycles. The molecule has 2 aromatic carbocycles. The zero-order valence-corrected chi connectivity index (χ0v) is 18.3. The third kappa shape index (κ3) is 5.40. The van der Waals surface area contributed by atoms with E-state index in [4.69, 9.17) is 9.78 Å². The molecule has 0 atom stereocenters. The fourth-order valence-corrected chi connectivity index (χ4v) is 3.83. The smallest absolute Gasteiger partial charge is 0.227 e. The molecule has 0 radical (unpaired) electrons. The number of nitriles is 1. The minimum Gasteiger partial charge on any atom is -0.340 e. The van der Waals surface area contributed by atoms with E-state index in [2.05, 4.69) is 40.2 Å². The standard InChI is InChI=1S/C25H27N5O2/c1-2-19-7-9-22(10-8-19)25-27-23(32-28-25)11-12-24(31)30-15-13-29(14-16-30)18-21-5-3-20(17-26)4-6-21/h3-10H,2,11-16,18H2,1H3. The lowest BCUT2D eigenvalue weighted by Crippen LogP contribution is -2.48. The van der Waals surface area contributed by atoms with Crippen LogP contribution in [0.1, 0.15) is 35.9 Å². The van der Waals surface area contributed by atoms with Crippen molar-refractivity contribution in [2.24, 2.45) is 0 Å². The van der Waals surface area contributed by atoms with Gasteiger partial charge in [-0.05, 0) is 29.7 Å². The molecule has 0 N–H and O–H groups in total. The molecule has 1 aliphatic rings. The summed E-state index contributed by atoms with van der Waals surface area (Å²) < 4.78 is 5.35. The second kappa shape index (κ2) is 10.2. The summed E-state index contributed by atoms with van der Waals surface area (Å²) in [6.45, 7) is 6.06. The van der Waals surface area contributed by atoms with Gasteiger partial charge in [0.25, 0.3) is 0 Å². The summed E-state index contributed by atoms with van der Waals surface area (Å²) in [7, 11) is 0. The minimum absolute atomic E-state index is 0.120. The highest BCUT2D eigenvalue weighted by Crippen LogP contribution is 2.18. The molecule has 0 spiro atoms. The first-order valence-corrected chi connectivity index (χ1v) is 11.1. The average molecular weight is 430 g/mol. The third-order valence-electron chi connectivity index (χ3n) is 5.86. The summed E-state index contributed by atoms with van der Waals surface area (Å²) in [5.41, 5.74) is 4.04. The fraction of sp³-hybridized carbons (Fsp3) is 0.360. The summed E-state index contributed by atoms with van der Waals surface area (Å²) in [4.78, 5) is 21.3. The Bertz CT molecular complexity index is 1070. The van der Waals surface area contributed by atoms with Gasteiger partial charge in [0.15, 0.2) is 0 Å². The van der Waals surface area contributed by atoms with Gasteiger partial charge in [0.05, 0.1) is 11.6 Å². The summed E-state index contributed by atoms with van der Waals surface area (Å²) >= 11 is 0. The Labute approximate surface area is 188 Å². The maximum absolute atomic E-state index is 12.6. The van der Waals surface area contributed by atoms with Crippen molar-refractivity contribution in [3.63, 3.8) is 0 Å². The zero-order valence-electron chi connectivity index (χ0n) is 18.3. The number of hydrogen-bond acceptors (Lipinski definition) is 6. The summed E-state index contributed by atoms with van der Waals surface area (Å²) in [6, 6.07) is 17.9. The van der Waals surface area contributed by atoms with Gasteiger partial charge >= 0.3 is 0 Å². The van der Waals surface area contributed by atoms with E-state index in [1.807, 2.05) is 41.3 Å². The summed E-state index contributed by atoms with van der Waals surface area (Å²) in [6.07, 6.45) is 1.81. The van der Waals surface area contributed by atoms with Gasteiger partial charge in [-0.25, -0.2) is 0 Å². The zero-order chi connectivity index (χ0) is 22.3. The van der Waals surface area contributed by atoms with Crippen molar-refractivity contribution in [2.75, 3.05) is 26.2 Å². The van der Waals surface area contributed by atoms with E-state index in [-0.39, 0.29) is 5.91 Å². The van der Waals surface area contributed by atoms with Crippen LogP contribution in [-0.4, -0.2) is 52.0 Å². The molecule has 0 saturated carbocycles. The normalized spacial score (nSPS) is 14.3. The Hall–Kier alpha value is -3.50. The van der Waals surface area contributed by atoms with Gasteiger partial charge in [-0.3, -0.25) is 9.69 Å². The van der Waals surface area contributed by atoms with E-state index >= 15 is 0 Å². The molecule has 1 aromatic heterocycles. The molecule has 4 rings (SSSR count). The van der Waals surface area contributed by atoms with Crippen molar-refractivity contribution < 1.29 is 9.32 Å². The van der Waals surface area contributed by atoms with E-state index in [1.54, 1.807) is 0 Å². The summed E-state index contributed by atoms with van der Waals surface area (Å²) in [5.74, 6) is 1.17. The second-order valence-electron chi connectivity index (χ2n) is 8.03. The van der Waals surface area contributed by atoms with Crippen molar-refractivity contribution in [1.29, 1.82) is 5.26 Å². The third-order valence-corrected chi connectivity index (χ3v) is 5.86. The highest BCUT2D eigenvalue weighted by molar-refractivity contribution is 5.76. The monoisotopic (exact) mass is 429 g/mol. The number of nitrogens with zero attached hydrogens (tertiary/aromatic N) is 5. The van der Waals surface area contributed by atoms with Gasteiger partial charge in [-0.1, -0.05) is 48.5 Å². The Morgan fingerprint density at radius 1 is 1.03 bits per heavy atom.